The maximum absolute atomic E-state index is 10.2. The molecule has 1 unspecified atom stereocenters. The highest BCUT2D eigenvalue weighted by Crippen LogP contribution is 2.26. The molecular formula is C18H25N3O3. The Morgan fingerprint density at radius 1 is 1.29 bits per heavy atom. The molecule has 0 saturated carbocycles. The molecule has 1 aromatic heterocycles. The lowest BCUT2D eigenvalue weighted by atomic mass is 9.96. The molecule has 1 aromatic carbocycles. The highest BCUT2D eigenvalue weighted by Gasteiger charge is 2.25. The number of aliphatic hydroxyl groups is 1. The van der Waals surface area contributed by atoms with Gasteiger partial charge in [0.1, 0.15) is 18.5 Å². The molecule has 1 N–H and O–H groups in total. The summed E-state index contributed by atoms with van der Waals surface area (Å²) in [5.41, 5.74) is 1.08. The molecule has 6 nitrogen and oxygen atoms in total. The summed E-state index contributed by atoms with van der Waals surface area (Å²) < 4.78 is 11.0. The molecule has 2 aromatic rings. The van der Waals surface area contributed by atoms with E-state index < -0.39 is 6.10 Å². The minimum Gasteiger partial charge on any atom is -0.491 e. The van der Waals surface area contributed by atoms with Crippen LogP contribution in [0.5, 0.6) is 5.75 Å². The van der Waals surface area contributed by atoms with Crippen molar-refractivity contribution in [3.05, 3.63) is 41.5 Å². The van der Waals surface area contributed by atoms with Gasteiger partial charge in [-0.2, -0.15) is 4.98 Å². The van der Waals surface area contributed by atoms with Gasteiger partial charge in [0.15, 0.2) is 5.82 Å². The maximum atomic E-state index is 10.2. The Morgan fingerprint density at radius 3 is 2.71 bits per heavy atom. The average Bonchev–Trinajstić information content (AvgIpc) is 3.01. The molecular weight excluding hydrogens is 306 g/mol. The third kappa shape index (κ3) is 4.33. The Hall–Kier alpha value is -1.92. The van der Waals surface area contributed by atoms with E-state index in [4.69, 9.17) is 9.26 Å². The molecule has 0 bridgehead atoms. The van der Waals surface area contributed by atoms with Crippen LogP contribution in [0.2, 0.25) is 0 Å². The first-order chi connectivity index (χ1) is 11.6. The highest BCUT2D eigenvalue weighted by molar-refractivity contribution is 5.31. The van der Waals surface area contributed by atoms with Gasteiger partial charge in [-0.15, -0.1) is 0 Å². The summed E-state index contributed by atoms with van der Waals surface area (Å²) in [7, 11) is 0. The third-order valence-electron chi connectivity index (χ3n) is 4.47. The van der Waals surface area contributed by atoms with Crippen LogP contribution in [-0.4, -0.2) is 52.5 Å². The van der Waals surface area contributed by atoms with E-state index >= 15 is 0 Å². The van der Waals surface area contributed by atoms with Crippen LogP contribution >= 0.6 is 0 Å². The lowest BCUT2D eigenvalue weighted by Gasteiger charge is -2.31. The van der Waals surface area contributed by atoms with Crippen molar-refractivity contribution in [2.45, 2.75) is 38.7 Å². The van der Waals surface area contributed by atoms with Gasteiger partial charge in [0.2, 0.25) is 5.89 Å². The van der Waals surface area contributed by atoms with Crippen LogP contribution in [0.15, 0.2) is 28.8 Å². The number of para-hydroxylation sites is 1. The van der Waals surface area contributed by atoms with Gasteiger partial charge in [0.25, 0.3) is 0 Å². The predicted octanol–water partition coefficient (Wildman–Crippen LogP) is 2.31. The average molecular weight is 331 g/mol. The van der Waals surface area contributed by atoms with Crippen LogP contribution in [-0.2, 0) is 0 Å². The Bertz CT molecular complexity index is 650. The van der Waals surface area contributed by atoms with Crippen molar-refractivity contribution >= 4 is 0 Å². The molecule has 1 fully saturated rings. The minimum absolute atomic E-state index is 0.313. The van der Waals surface area contributed by atoms with E-state index in [9.17, 15) is 5.11 Å². The topological polar surface area (TPSA) is 71.6 Å². The zero-order chi connectivity index (χ0) is 16.9. The number of rotatable bonds is 6. The van der Waals surface area contributed by atoms with Gasteiger partial charge >= 0.3 is 0 Å². The lowest BCUT2D eigenvalue weighted by molar-refractivity contribution is 0.0577. The standard InChI is InChI=1S/C18H25N3O3/c1-13-5-3-4-6-17(13)23-12-16(22)11-21-9-7-15(8-10-21)18-19-14(2)20-24-18/h3-6,15-16,22H,7-12H2,1-2H3. The van der Waals surface area contributed by atoms with Gasteiger partial charge in [-0.1, -0.05) is 23.4 Å². The molecule has 6 heteroatoms. The number of piperidine rings is 1. The maximum Gasteiger partial charge on any atom is 0.229 e. The Kier molecular flexibility index (Phi) is 5.48. The molecule has 0 aliphatic carbocycles. The molecule has 1 aliphatic heterocycles. The molecule has 3 rings (SSSR count). The summed E-state index contributed by atoms with van der Waals surface area (Å²) in [5.74, 6) is 2.61. The van der Waals surface area contributed by atoms with Gasteiger partial charge in [0.05, 0.1) is 0 Å². The monoisotopic (exact) mass is 331 g/mol. The van der Waals surface area contributed by atoms with Gasteiger partial charge in [0, 0.05) is 12.5 Å². The summed E-state index contributed by atoms with van der Waals surface area (Å²) in [6, 6.07) is 7.86. The quantitative estimate of drug-likeness (QED) is 0.876. The van der Waals surface area contributed by atoms with Crippen molar-refractivity contribution in [1.29, 1.82) is 0 Å². The van der Waals surface area contributed by atoms with Crippen molar-refractivity contribution in [3.8, 4) is 5.75 Å². The molecule has 0 amide bonds. The summed E-state index contributed by atoms with van der Waals surface area (Å²) in [4.78, 5) is 6.60. The Morgan fingerprint density at radius 2 is 2.04 bits per heavy atom. The molecule has 1 aliphatic rings. The lowest BCUT2D eigenvalue weighted by Crippen LogP contribution is -2.40. The smallest absolute Gasteiger partial charge is 0.229 e. The SMILES string of the molecule is Cc1noc(C2CCN(CC(O)COc3ccccc3C)CC2)n1. The fourth-order valence-corrected chi connectivity index (χ4v) is 3.10. The van der Waals surface area contributed by atoms with Crippen molar-refractivity contribution in [2.24, 2.45) is 0 Å². The summed E-state index contributed by atoms with van der Waals surface area (Å²) in [5, 5.41) is 14.1. The van der Waals surface area contributed by atoms with E-state index in [1.807, 2.05) is 38.1 Å². The number of likely N-dealkylation sites (tertiary alicyclic amines) is 1. The van der Waals surface area contributed by atoms with E-state index in [1.165, 1.54) is 0 Å². The second-order valence-corrected chi connectivity index (χ2v) is 6.49. The van der Waals surface area contributed by atoms with Gasteiger partial charge in [-0.05, 0) is 51.4 Å². The van der Waals surface area contributed by atoms with E-state index in [1.54, 1.807) is 0 Å². The number of aryl methyl sites for hydroxylation is 2. The first-order valence-corrected chi connectivity index (χ1v) is 8.51. The molecule has 2 heterocycles. The first kappa shape index (κ1) is 16.9. The van der Waals surface area contributed by atoms with Crippen LogP contribution in [0.4, 0.5) is 0 Å². The van der Waals surface area contributed by atoms with E-state index in [0.29, 0.717) is 24.9 Å². The summed E-state index contributed by atoms with van der Waals surface area (Å²) >= 11 is 0. The number of aromatic nitrogens is 2. The number of nitrogens with zero attached hydrogens (tertiary/aromatic N) is 3. The van der Waals surface area contributed by atoms with Gasteiger partial charge in [-0.25, -0.2) is 0 Å². The zero-order valence-corrected chi connectivity index (χ0v) is 14.3. The van der Waals surface area contributed by atoms with Crippen LogP contribution in [0.25, 0.3) is 0 Å². The number of β-amino-alcohol motifs (C(OH)–C–C–N with tert-alkyl or cyclic N) is 1. The van der Waals surface area contributed by atoms with Crippen LogP contribution in [0, 0.1) is 13.8 Å². The molecule has 130 valence electrons. The van der Waals surface area contributed by atoms with E-state index in [2.05, 4.69) is 15.0 Å². The fraction of sp³-hybridized carbons (Fsp3) is 0.556. The molecule has 0 spiro atoms. The molecule has 24 heavy (non-hydrogen) atoms. The van der Waals surface area contributed by atoms with Crippen LogP contribution in [0.1, 0.15) is 36.0 Å². The highest BCUT2D eigenvalue weighted by atomic mass is 16.5. The normalized spacial score (nSPS) is 17.8. The van der Waals surface area contributed by atoms with Gasteiger partial charge in [-0.3, -0.25) is 0 Å². The fourth-order valence-electron chi connectivity index (χ4n) is 3.10. The summed E-state index contributed by atoms with van der Waals surface area (Å²) in [6.07, 6.45) is 1.46. The third-order valence-corrected chi connectivity index (χ3v) is 4.47. The predicted molar refractivity (Wildman–Crippen MR) is 90.1 cm³/mol. The Balaban J connectivity index is 1.41. The number of hydrogen-bond acceptors (Lipinski definition) is 6. The molecule has 1 atom stereocenters. The second kappa shape index (κ2) is 7.77. The summed E-state index contributed by atoms with van der Waals surface area (Å²) in [6.45, 7) is 6.63. The van der Waals surface area contributed by atoms with Gasteiger partial charge < -0.3 is 19.3 Å². The number of aliphatic hydroxyl groups excluding tert-OH is 1. The molecule has 1 saturated heterocycles. The minimum atomic E-state index is -0.494. The van der Waals surface area contributed by atoms with Crippen LogP contribution < -0.4 is 4.74 Å². The van der Waals surface area contributed by atoms with E-state index in [-0.39, 0.29) is 0 Å². The molecule has 0 radical (unpaired) electrons. The van der Waals surface area contributed by atoms with Crippen molar-refractivity contribution in [3.63, 3.8) is 0 Å². The number of benzene rings is 1. The first-order valence-electron chi connectivity index (χ1n) is 8.51. The number of ether oxygens (including phenoxy) is 1. The van der Waals surface area contributed by atoms with Crippen molar-refractivity contribution in [1.82, 2.24) is 15.0 Å². The van der Waals surface area contributed by atoms with Crippen LogP contribution in [0.3, 0.4) is 0 Å². The zero-order valence-electron chi connectivity index (χ0n) is 14.3. The Labute approximate surface area is 142 Å². The van der Waals surface area contributed by atoms with E-state index in [0.717, 1.165) is 43.1 Å². The largest absolute Gasteiger partial charge is 0.491 e. The second-order valence-electron chi connectivity index (χ2n) is 6.49. The van der Waals surface area contributed by atoms with Crippen molar-refractivity contribution in [2.75, 3.05) is 26.2 Å². The number of hydrogen-bond donors (Lipinski definition) is 1. The van der Waals surface area contributed by atoms with Crippen molar-refractivity contribution < 1.29 is 14.4 Å².